The number of carbonyl (C=O) groups excluding carboxylic acids is 1. The third kappa shape index (κ3) is 4.26. The summed E-state index contributed by atoms with van der Waals surface area (Å²) in [4.78, 5) is 17.8. The highest BCUT2D eigenvalue weighted by Crippen LogP contribution is 2.23. The number of amides is 1. The molecule has 0 saturated heterocycles. The zero-order valence-electron chi connectivity index (χ0n) is 16.7. The number of aromatic nitrogens is 1. The lowest BCUT2D eigenvalue weighted by Gasteiger charge is -2.11. The number of aryl methyl sites for hydroxylation is 1. The van der Waals surface area contributed by atoms with Crippen LogP contribution < -0.4 is 9.54 Å². The number of fused-ring (bicyclic) bond motifs is 1. The van der Waals surface area contributed by atoms with Crippen LogP contribution in [0.25, 0.3) is 10.2 Å². The van der Waals surface area contributed by atoms with Gasteiger partial charge in [-0.1, -0.05) is 18.3 Å². The highest BCUT2D eigenvalue weighted by atomic mass is 32.2. The Morgan fingerprint density at radius 1 is 1.17 bits per heavy atom. The lowest BCUT2D eigenvalue weighted by atomic mass is 10.2. The molecule has 0 radical (unpaired) electrons. The second kappa shape index (κ2) is 8.48. The SMILES string of the molecule is CCCn1c(=NC(=O)c2ccc(S(=O)(=O)N(C)C)cc2)sc2cc(OC)ccc21. The van der Waals surface area contributed by atoms with Gasteiger partial charge in [0.1, 0.15) is 5.75 Å². The first-order chi connectivity index (χ1) is 13.8. The van der Waals surface area contributed by atoms with Crippen LogP contribution in [0.3, 0.4) is 0 Å². The summed E-state index contributed by atoms with van der Waals surface area (Å²) in [5.74, 6) is 0.333. The highest BCUT2D eigenvalue weighted by molar-refractivity contribution is 7.89. The number of hydrogen-bond donors (Lipinski definition) is 0. The number of thiazole rings is 1. The monoisotopic (exact) mass is 433 g/mol. The van der Waals surface area contributed by atoms with Crippen molar-refractivity contribution in [3.8, 4) is 5.75 Å². The van der Waals surface area contributed by atoms with Crippen LogP contribution >= 0.6 is 11.3 Å². The fourth-order valence-electron chi connectivity index (χ4n) is 2.84. The molecule has 0 atom stereocenters. The molecular formula is C20H23N3O4S2. The van der Waals surface area contributed by atoms with E-state index in [1.165, 1.54) is 49.7 Å². The summed E-state index contributed by atoms with van der Waals surface area (Å²) in [7, 11) is 1.01. The number of carbonyl (C=O) groups is 1. The van der Waals surface area contributed by atoms with Gasteiger partial charge < -0.3 is 9.30 Å². The molecular weight excluding hydrogens is 410 g/mol. The molecule has 0 N–H and O–H groups in total. The standard InChI is InChI=1S/C20H23N3O4S2/c1-5-12-23-17-11-8-15(27-4)13-18(17)28-20(23)21-19(24)14-6-9-16(10-7-14)29(25,26)22(2)3/h6-11,13H,5,12H2,1-4H3. The van der Waals surface area contributed by atoms with E-state index in [1.54, 1.807) is 7.11 Å². The normalized spacial score (nSPS) is 12.7. The van der Waals surface area contributed by atoms with Gasteiger partial charge in [-0.05, 0) is 48.9 Å². The van der Waals surface area contributed by atoms with E-state index in [0.717, 1.165) is 33.2 Å². The van der Waals surface area contributed by atoms with Crippen LogP contribution in [0.2, 0.25) is 0 Å². The molecule has 29 heavy (non-hydrogen) atoms. The molecule has 0 spiro atoms. The molecule has 0 fully saturated rings. The van der Waals surface area contributed by atoms with Gasteiger partial charge in [0, 0.05) is 26.2 Å². The largest absolute Gasteiger partial charge is 0.497 e. The minimum Gasteiger partial charge on any atom is -0.497 e. The minimum absolute atomic E-state index is 0.133. The molecule has 0 bridgehead atoms. The van der Waals surface area contributed by atoms with Crippen molar-refractivity contribution in [2.45, 2.75) is 24.8 Å². The number of hydrogen-bond acceptors (Lipinski definition) is 5. The molecule has 0 aliphatic carbocycles. The van der Waals surface area contributed by atoms with Crippen LogP contribution in [-0.4, -0.2) is 44.4 Å². The number of ether oxygens (including phenoxy) is 1. The van der Waals surface area contributed by atoms with Gasteiger partial charge in [-0.25, -0.2) is 12.7 Å². The molecule has 1 amide bonds. The summed E-state index contributed by atoms with van der Waals surface area (Å²) in [6.07, 6.45) is 0.899. The number of nitrogens with zero attached hydrogens (tertiary/aromatic N) is 3. The maximum absolute atomic E-state index is 12.7. The lowest BCUT2D eigenvalue weighted by Crippen LogP contribution is -2.22. The van der Waals surface area contributed by atoms with Gasteiger partial charge in [0.2, 0.25) is 10.0 Å². The van der Waals surface area contributed by atoms with E-state index in [-0.39, 0.29) is 4.90 Å². The van der Waals surface area contributed by atoms with Gasteiger partial charge in [-0.2, -0.15) is 4.99 Å². The topological polar surface area (TPSA) is 81.0 Å². The molecule has 3 rings (SSSR count). The Bertz CT molecular complexity index is 1210. The predicted molar refractivity (Wildman–Crippen MR) is 114 cm³/mol. The highest BCUT2D eigenvalue weighted by Gasteiger charge is 2.17. The van der Waals surface area contributed by atoms with Gasteiger partial charge >= 0.3 is 0 Å². The summed E-state index contributed by atoms with van der Waals surface area (Å²) < 4.78 is 33.8. The van der Waals surface area contributed by atoms with Crippen molar-refractivity contribution in [2.24, 2.45) is 4.99 Å². The Labute approximate surface area is 173 Å². The number of sulfonamides is 1. The Kier molecular flexibility index (Phi) is 6.21. The molecule has 0 aliphatic rings. The maximum Gasteiger partial charge on any atom is 0.279 e. The molecule has 1 heterocycles. The molecule has 0 unspecified atom stereocenters. The molecule has 0 saturated carbocycles. The molecule has 3 aromatic rings. The number of methoxy groups -OCH3 is 1. The summed E-state index contributed by atoms with van der Waals surface area (Å²) in [6, 6.07) is 11.6. The fourth-order valence-corrected chi connectivity index (χ4v) is 4.82. The van der Waals surface area contributed by atoms with Crippen LogP contribution in [0.15, 0.2) is 52.4 Å². The average Bonchev–Trinajstić information content (AvgIpc) is 3.04. The van der Waals surface area contributed by atoms with E-state index in [1.807, 2.05) is 22.8 Å². The molecule has 1 aromatic heterocycles. The summed E-state index contributed by atoms with van der Waals surface area (Å²) >= 11 is 1.42. The Hall–Kier alpha value is -2.49. The quantitative estimate of drug-likeness (QED) is 0.598. The maximum atomic E-state index is 12.7. The van der Waals surface area contributed by atoms with E-state index in [0.29, 0.717) is 10.4 Å². The summed E-state index contributed by atoms with van der Waals surface area (Å²) in [6.45, 7) is 2.80. The van der Waals surface area contributed by atoms with Crippen molar-refractivity contribution in [3.05, 3.63) is 52.8 Å². The zero-order chi connectivity index (χ0) is 21.2. The van der Waals surface area contributed by atoms with Crippen LogP contribution in [-0.2, 0) is 16.6 Å². The molecule has 0 aliphatic heterocycles. The van der Waals surface area contributed by atoms with E-state index in [9.17, 15) is 13.2 Å². The van der Waals surface area contributed by atoms with Crippen molar-refractivity contribution < 1.29 is 17.9 Å². The van der Waals surface area contributed by atoms with Gasteiger partial charge in [0.15, 0.2) is 4.80 Å². The van der Waals surface area contributed by atoms with E-state index >= 15 is 0 Å². The second-order valence-electron chi connectivity index (χ2n) is 6.60. The third-order valence-electron chi connectivity index (χ3n) is 4.41. The summed E-state index contributed by atoms with van der Waals surface area (Å²) in [5, 5.41) is 0. The first-order valence-corrected chi connectivity index (χ1v) is 11.3. The molecule has 2 aromatic carbocycles. The van der Waals surface area contributed by atoms with Crippen molar-refractivity contribution in [2.75, 3.05) is 21.2 Å². The zero-order valence-corrected chi connectivity index (χ0v) is 18.4. The fraction of sp³-hybridized carbons (Fsp3) is 0.300. The Morgan fingerprint density at radius 2 is 1.86 bits per heavy atom. The van der Waals surface area contributed by atoms with Gasteiger partial charge in [-0.3, -0.25) is 4.79 Å². The van der Waals surface area contributed by atoms with Crippen LogP contribution in [0, 0.1) is 0 Å². The molecule has 9 heteroatoms. The van der Waals surface area contributed by atoms with Crippen molar-refractivity contribution in [1.29, 1.82) is 0 Å². The van der Waals surface area contributed by atoms with E-state index < -0.39 is 15.9 Å². The van der Waals surface area contributed by atoms with Crippen LogP contribution in [0.1, 0.15) is 23.7 Å². The smallest absolute Gasteiger partial charge is 0.279 e. The summed E-state index contributed by atoms with van der Waals surface area (Å²) in [5.41, 5.74) is 1.33. The third-order valence-corrected chi connectivity index (χ3v) is 7.28. The van der Waals surface area contributed by atoms with Gasteiger partial charge in [-0.15, -0.1) is 0 Å². The number of rotatable bonds is 6. The van der Waals surface area contributed by atoms with Crippen molar-refractivity contribution in [3.63, 3.8) is 0 Å². The van der Waals surface area contributed by atoms with Crippen molar-refractivity contribution >= 4 is 37.5 Å². The van der Waals surface area contributed by atoms with Gasteiger partial charge in [0.25, 0.3) is 5.91 Å². The first kappa shape index (κ1) is 21.2. The Balaban J connectivity index is 2.02. The number of benzene rings is 2. The first-order valence-electron chi connectivity index (χ1n) is 9.07. The average molecular weight is 434 g/mol. The lowest BCUT2D eigenvalue weighted by molar-refractivity contribution is 0.0997. The molecule has 154 valence electrons. The van der Waals surface area contributed by atoms with E-state index in [2.05, 4.69) is 11.9 Å². The van der Waals surface area contributed by atoms with Crippen LogP contribution in [0.4, 0.5) is 0 Å². The Morgan fingerprint density at radius 3 is 2.45 bits per heavy atom. The van der Waals surface area contributed by atoms with Crippen LogP contribution in [0.5, 0.6) is 5.75 Å². The second-order valence-corrected chi connectivity index (χ2v) is 9.76. The van der Waals surface area contributed by atoms with E-state index in [4.69, 9.17) is 4.74 Å². The minimum atomic E-state index is -3.54. The van der Waals surface area contributed by atoms with Crippen molar-refractivity contribution in [1.82, 2.24) is 8.87 Å². The van der Waals surface area contributed by atoms with Gasteiger partial charge in [0.05, 0.1) is 22.2 Å². The predicted octanol–water partition coefficient (Wildman–Crippen LogP) is 3.11. The molecule has 7 nitrogen and oxygen atoms in total.